The zero-order valence-electron chi connectivity index (χ0n) is 9.31. The van der Waals surface area contributed by atoms with Crippen molar-refractivity contribution in [2.45, 2.75) is 36.5 Å². The number of rotatable bonds is 5. The first-order chi connectivity index (χ1) is 7.17. The van der Waals surface area contributed by atoms with Gasteiger partial charge in [0.15, 0.2) is 0 Å². The number of aliphatic hydroxyl groups excluding tert-OH is 1. The van der Waals surface area contributed by atoms with Gasteiger partial charge in [-0.2, -0.15) is 0 Å². The zero-order chi connectivity index (χ0) is 11.3. The van der Waals surface area contributed by atoms with Gasteiger partial charge in [0, 0.05) is 16.2 Å². The van der Waals surface area contributed by atoms with Gasteiger partial charge in [-0.25, -0.2) is 0 Å². The molecule has 3 N–H and O–H groups in total. The van der Waals surface area contributed by atoms with Gasteiger partial charge >= 0.3 is 0 Å². The van der Waals surface area contributed by atoms with Crippen molar-refractivity contribution in [1.82, 2.24) is 0 Å². The molecule has 15 heavy (non-hydrogen) atoms. The Bertz CT molecular complexity index is 286. The molecule has 1 rings (SSSR count). The van der Waals surface area contributed by atoms with E-state index in [1.54, 1.807) is 11.8 Å². The molecule has 0 amide bonds. The normalized spacial score (nSPS) is 14.9. The molecule has 0 aliphatic rings. The fraction of sp³-hybridized carbons (Fsp3) is 0.500. The van der Waals surface area contributed by atoms with Crippen LogP contribution < -0.4 is 5.73 Å². The first-order valence-corrected chi connectivity index (χ1v) is 6.18. The van der Waals surface area contributed by atoms with Crippen molar-refractivity contribution in [1.29, 1.82) is 0 Å². The average Bonchev–Trinajstić information content (AvgIpc) is 2.29. The Kier molecular flexibility index (Phi) is 5.15. The SMILES string of the molecule is CC[C@H](N)c1ccc(SC(C)CO)cc1. The summed E-state index contributed by atoms with van der Waals surface area (Å²) in [7, 11) is 0. The standard InChI is InChI=1S/C12H19NOS/c1-3-12(13)10-4-6-11(7-5-10)15-9(2)8-14/h4-7,9,12,14H,3,8,13H2,1-2H3/t9?,12-/m0/s1. The molecule has 0 saturated carbocycles. The van der Waals surface area contributed by atoms with Crippen LogP contribution in [0, 0.1) is 0 Å². The van der Waals surface area contributed by atoms with E-state index >= 15 is 0 Å². The van der Waals surface area contributed by atoms with Crippen LogP contribution >= 0.6 is 11.8 Å². The van der Waals surface area contributed by atoms with Crippen LogP contribution in [0.2, 0.25) is 0 Å². The topological polar surface area (TPSA) is 46.2 Å². The van der Waals surface area contributed by atoms with Crippen LogP contribution in [0.15, 0.2) is 29.2 Å². The smallest absolute Gasteiger partial charge is 0.0550 e. The molecule has 0 saturated heterocycles. The molecule has 0 fully saturated rings. The Morgan fingerprint density at radius 1 is 1.33 bits per heavy atom. The summed E-state index contributed by atoms with van der Waals surface area (Å²) < 4.78 is 0. The molecule has 0 radical (unpaired) electrons. The molecule has 3 heteroatoms. The maximum Gasteiger partial charge on any atom is 0.0550 e. The fourth-order valence-corrected chi connectivity index (χ4v) is 2.13. The third-order valence-corrected chi connectivity index (χ3v) is 3.44. The summed E-state index contributed by atoms with van der Waals surface area (Å²) in [5.74, 6) is 0. The third-order valence-electron chi connectivity index (χ3n) is 2.34. The lowest BCUT2D eigenvalue weighted by atomic mass is 10.1. The van der Waals surface area contributed by atoms with E-state index in [2.05, 4.69) is 31.2 Å². The first-order valence-electron chi connectivity index (χ1n) is 5.30. The molecule has 2 nitrogen and oxygen atoms in total. The Morgan fingerprint density at radius 3 is 2.40 bits per heavy atom. The van der Waals surface area contributed by atoms with Gasteiger partial charge < -0.3 is 10.8 Å². The second-order valence-corrected chi connectivity index (χ2v) is 5.21. The van der Waals surface area contributed by atoms with Crippen molar-refractivity contribution >= 4 is 11.8 Å². The Balaban J connectivity index is 2.64. The second-order valence-electron chi connectivity index (χ2n) is 3.69. The van der Waals surface area contributed by atoms with Gasteiger partial charge in [0.2, 0.25) is 0 Å². The molecule has 0 aromatic heterocycles. The molecule has 1 unspecified atom stereocenters. The van der Waals surface area contributed by atoms with E-state index in [9.17, 15) is 0 Å². The molecule has 1 aromatic carbocycles. The van der Waals surface area contributed by atoms with E-state index in [0.29, 0.717) is 0 Å². The van der Waals surface area contributed by atoms with Crippen molar-refractivity contribution in [3.05, 3.63) is 29.8 Å². The number of nitrogens with two attached hydrogens (primary N) is 1. The number of benzene rings is 1. The number of aliphatic hydroxyl groups is 1. The van der Waals surface area contributed by atoms with Crippen molar-refractivity contribution in [2.75, 3.05) is 6.61 Å². The molecule has 84 valence electrons. The number of hydrogen-bond donors (Lipinski definition) is 2. The van der Waals surface area contributed by atoms with Gasteiger partial charge in [-0.05, 0) is 24.1 Å². The highest BCUT2D eigenvalue weighted by atomic mass is 32.2. The van der Waals surface area contributed by atoms with Crippen LogP contribution in [0.25, 0.3) is 0 Å². The van der Waals surface area contributed by atoms with E-state index in [4.69, 9.17) is 10.8 Å². The Labute approximate surface area is 95.9 Å². The fourth-order valence-electron chi connectivity index (χ4n) is 1.30. The van der Waals surface area contributed by atoms with Crippen LogP contribution in [-0.2, 0) is 0 Å². The summed E-state index contributed by atoms with van der Waals surface area (Å²) in [5, 5.41) is 9.18. The van der Waals surface area contributed by atoms with Gasteiger partial charge in [-0.15, -0.1) is 11.8 Å². The van der Waals surface area contributed by atoms with E-state index in [1.165, 1.54) is 10.5 Å². The molecule has 0 aliphatic heterocycles. The van der Waals surface area contributed by atoms with Crippen LogP contribution in [0.4, 0.5) is 0 Å². The Morgan fingerprint density at radius 2 is 1.93 bits per heavy atom. The van der Waals surface area contributed by atoms with Gasteiger partial charge in [0.05, 0.1) is 6.61 Å². The number of hydrogen-bond acceptors (Lipinski definition) is 3. The van der Waals surface area contributed by atoms with Gasteiger partial charge in [-0.1, -0.05) is 26.0 Å². The maximum absolute atomic E-state index is 8.94. The lowest BCUT2D eigenvalue weighted by Gasteiger charge is -2.11. The highest BCUT2D eigenvalue weighted by Crippen LogP contribution is 2.24. The summed E-state index contributed by atoms with van der Waals surface area (Å²) in [6, 6.07) is 8.42. The minimum Gasteiger partial charge on any atom is -0.395 e. The van der Waals surface area contributed by atoms with Crippen molar-refractivity contribution < 1.29 is 5.11 Å². The molecule has 0 heterocycles. The van der Waals surface area contributed by atoms with E-state index in [0.717, 1.165) is 6.42 Å². The quantitative estimate of drug-likeness (QED) is 0.757. The summed E-state index contributed by atoms with van der Waals surface area (Å²) in [5.41, 5.74) is 7.10. The summed E-state index contributed by atoms with van der Waals surface area (Å²) in [6.45, 7) is 4.30. The minimum absolute atomic E-state index is 0.138. The lowest BCUT2D eigenvalue weighted by Crippen LogP contribution is -2.08. The van der Waals surface area contributed by atoms with E-state index in [-0.39, 0.29) is 17.9 Å². The minimum atomic E-state index is 0.138. The molecule has 2 atom stereocenters. The summed E-state index contributed by atoms with van der Waals surface area (Å²) >= 11 is 1.68. The second kappa shape index (κ2) is 6.16. The van der Waals surface area contributed by atoms with Crippen molar-refractivity contribution in [3.8, 4) is 0 Å². The summed E-state index contributed by atoms with van der Waals surface area (Å²) in [6.07, 6.45) is 0.958. The van der Waals surface area contributed by atoms with E-state index < -0.39 is 0 Å². The monoisotopic (exact) mass is 225 g/mol. The van der Waals surface area contributed by atoms with Crippen LogP contribution in [0.3, 0.4) is 0 Å². The predicted octanol–water partition coefficient (Wildman–Crippen LogP) is 2.57. The molecular weight excluding hydrogens is 206 g/mol. The zero-order valence-corrected chi connectivity index (χ0v) is 10.1. The lowest BCUT2D eigenvalue weighted by molar-refractivity contribution is 0.300. The Hall–Kier alpha value is -0.510. The first kappa shape index (κ1) is 12.6. The van der Waals surface area contributed by atoms with Crippen LogP contribution in [-0.4, -0.2) is 17.0 Å². The number of thioether (sulfide) groups is 1. The largest absolute Gasteiger partial charge is 0.395 e. The maximum atomic E-state index is 8.94. The molecule has 0 spiro atoms. The predicted molar refractivity (Wildman–Crippen MR) is 66.1 cm³/mol. The molecule has 0 bridgehead atoms. The average molecular weight is 225 g/mol. The summed E-state index contributed by atoms with van der Waals surface area (Å²) in [4.78, 5) is 1.18. The molecule has 0 aliphatic carbocycles. The van der Waals surface area contributed by atoms with Crippen LogP contribution in [0.5, 0.6) is 0 Å². The van der Waals surface area contributed by atoms with Gasteiger partial charge in [0.1, 0.15) is 0 Å². The van der Waals surface area contributed by atoms with Gasteiger partial charge in [0.25, 0.3) is 0 Å². The highest BCUT2D eigenvalue weighted by molar-refractivity contribution is 8.00. The van der Waals surface area contributed by atoms with Gasteiger partial charge in [-0.3, -0.25) is 0 Å². The van der Waals surface area contributed by atoms with Crippen LogP contribution in [0.1, 0.15) is 31.9 Å². The third kappa shape index (κ3) is 3.86. The molecular formula is C12H19NOS. The van der Waals surface area contributed by atoms with Crippen molar-refractivity contribution in [2.24, 2.45) is 5.73 Å². The highest BCUT2D eigenvalue weighted by Gasteiger charge is 2.05. The van der Waals surface area contributed by atoms with Crippen molar-refractivity contribution in [3.63, 3.8) is 0 Å². The van der Waals surface area contributed by atoms with E-state index in [1.807, 2.05) is 6.92 Å². The molecule has 1 aromatic rings.